The van der Waals surface area contributed by atoms with Gasteiger partial charge in [0.15, 0.2) is 0 Å². The van der Waals surface area contributed by atoms with Crippen LogP contribution in [0.2, 0.25) is 0 Å². The molecule has 0 saturated heterocycles. The summed E-state index contributed by atoms with van der Waals surface area (Å²) in [5, 5.41) is 2.68. The normalized spacial score (nSPS) is 11.0. The molecule has 0 saturated carbocycles. The van der Waals surface area contributed by atoms with Crippen molar-refractivity contribution in [2.24, 2.45) is 5.73 Å². The zero-order chi connectivity index (χ0) is 21.9. The average Bonchev–Trinajstić information content (AvgIpc) is 2.70. The van der Waals surface area contributed by atoms with Gasteiger partial charge in [-0.15, -0.1) is 0 Å². The van der Waals surface area contributed by atoms with Crippen LogP contribution in [0.3, 0.4) is 0 Å². The minimum absolute atomic E-state index is 0.207. The molecule has 3 aromatic carbocycles. The van der Waals surface area contributed by atoms with E-state index in [-0.39, 0.29) is 10.5 Å². The van der Waals surface area contributed by atoms with Crippen LogP contribution in [0.1, 0.15) is 31.8 Å². The van der Waals surface area contributed by atoms with E-state index in [1.54, 1.807) is 37.3 Å². The molecule has 7 nitrogen and oxygen atoms in total. The lowest BCUT2D eigenvalue weighted by Crippen LogP contribution is -2.16. The molecule has 154 valence electrons. The summed E-state index contributed by atoms with van der Waals surface area (Å²) in [5.74, 6) is -0.993. The highest BCUT2D eigenvalue weighted by Gasteiger charge is 2.17. The number of hydrogen-bond donors (Lipinski definition) is 3. The molecule has 30 heavy (non-hydrogen) atoms. The van der Waals surface area contributed by atoms with Crippen molar-refractivity contribution in [2.45, 2.75) is 18.7 Å². The number of primary amides is 1. The summed E-state index contributed by atoms with van der Waals surface area (Å²) in [4.78, 5) is 23.9. The number of nitrogens with one attached hydrogen (secondary N) is 2. The van der Waals surface area contributed by atoms with Gasteiger partial charge >= 0.3 is 0 Å². The quantitative estimate of drug-likeness (QED) is 0.563. The number of carbonyl (C=O) groups is 2. The van der Waals surface area contributed by atoms with Gasteiger partial charge in [0.25, 0.3) is 15.9 Å². The second-order valence-electron chi connectivity index (χ2n) is 6.85. The molecule has 4 N–H and O–H groups in total. The van der Waals surface area contributed by atoms with Gasteiger partial charge in [-0.05, 0) is 73.5 Å². The molecule has 3 aromatic rings. The summed E-state index contributed by atoms with van der Waals surface area (Å²) in [7, 11) is -3.76. The fourth-order valence-corrected chi connectivity index (χ4v) is 4.24. The lowest BCUT2D eigenvalue weighted by atomic mass is 10.1. The number of anilines is 2. The predicted molar refractivity (Wildman–Crippen MR) is 116 cm³/mol. The molecule has 0 bridgehead atoms. The second kappa shape index (κ2) is 8.38. The van der Waals surface area contributed by atoms with E-state index in [1.165, 1.54) is 30.3 Å². The predicted octanol–water partition coefficient (Wildman–Crippen LogP) is 3.46. The Balaban J connectivity index is 1.74. The van der Waals surface area contributed by atoms with Gasteiger partial charge in [0.1, 0.15) is 0 Å². The van der Waals surface area contributed by atoms with Crippen molar-refractivity contribution in [3.63, 3.8) is 0 Å². The Morgan fingerprint density at radius 1 is 0.833 bits per heavy atom. The minimum Gasteiger partial charge on any atom is -0.366 e. The lowest BCUT2D eigenvalue weighted by Gasteiger charge is -2.12. The van der Waals surface area contributed by atoms with E-state index in [0.29, 0.717) is 22.5 Å². The molecule has 0 aliphatic carbocycles. The van der Waals surface area contributed by atoms with Gasteiger partial charge in [0, 0.05) is 22.5 Å². The van der Waals surface area contributed by atoms with Crippen LogP contribution in [-0.4, -0.2) is 20.2 Å². The summed E-state index contributed by atoms with van der Waals surface area (Å²) in [5.41, 5.74) is 8.10. The molecule has 2 amide bonds. The van der Waals surface area contributed by atoms with E-state index in [4.69, 9.17) is 5.73 Å². The zero-order valence-electron chi connectivity index (χ0n) is 16.5. The molecule has 0 unspecified atom stereocenters. The Hall–Kier alpha value is -3.65. The van der Waals surface area contributed by atoms with Crippen molar-refractivity contribution in [1.82, 2.24) is 0 Å². The van der Waals surface area contributed by atoms with E-state index in [2.05, 4.69) is 10.0 Å². The fourth-order valence-electron chi connectivity index (χ4n) is 2.85. The molecule has 0 aromatic heterocycles. The Morgan fingerprint density at radius 2 is 1.53 bits per heavy atom. The molecule has 0 fully saturated rings. The van der Waals surface area contributed by atoms with Crippen LogP contribution < -0.4 is 15.8 Å². The summed E-state index contributed by atoms with van der Waals surface area (Å²) < 4.78 is 27.9. The highest BCUT2D eigenvalue weighted by atomic mass is 32.2. The number of rotatable bonds is 6. The first-order chi connectivity index (χ1) is 14.2. The molecule has 0 atom stereocenters. The number of nitrogens with two attached hydrogens (primary N) is 1. The Kier molecular flexibility index (Phi) is 5.89. The Bertz CT molecular complexity index is 1220. The monoisotopic (exact) mass is 423 g/mol. The van der Waals surface area contributed by atoms with E-state index in [0.717, 1.165) is 5.56 Å². The van der Waals surface area contributed by atoms with Gasteiger partial charge in [-0.2, -0.15) is 0 Å². The first-order valence-electron chi connectivity index (χ1n) is 9.07. The van der Waals surface area contributed by atoms with Crippen molar-refractivity contribution >= 4 is 33.2 Å². The maximum atomic E-state index is 12.7. The van der Waals surface area contributed by atoms with E-state index in [9.17, 15) is 18.0 Å². The fraction of sp³-hybridized carbons (Fsp3) is 0.0909. The average molecular weight is 423 g/mol. The van der Waals surface area contributed by atoms with Crippen LogP contribution in [0, 0.1) is 13.8 Å². The molecule has 3 rings (SSSR count). The van der Waals surface area contributed by atoms with Gasteiger partial charge in [0.05, 0.1) is 4.90 Å². The summed E-state index contributed by atoms with van der Waals surface area (Å²) >= 11 is 0. The highest BCUT2D eigenvalue weighted by Crippen LogP contribution is 2.21. The third-order valence-electron chi connectivity index (χ3n) is 4.44. The zero-order valence-corrected chi connectivity index (χ0v) is 17.3. The lowest BCUT2D eigenvalue weighted by molar-refractivity contribution is 0.0996. The highest BCUT2D eigenvalue weighted by molar-refractivity contribution is 7.92. The van der Waals surface area contributed by atoms with Crippen LogP contribution in [0.25, 0.3) is 0 Å². The number of carbonyl (C=O) groups excluding carboxylic acids is 2. The second-order valence-corrected chi connectivity index (χ2v) is 8.50. The Labute approximate surface area is 175 Å². The summed E-state index contributed by atoms with van der Waals surface area (Å²) in [6, 6.07) is 17.5. The molecule has 0 aliphatic rings. The first-order valence-corrected chi connectivity index (χ1v) is 10.6. The van der Waals surface area contributed by atoms with E-state index in [1.807, 2.05) is 13.0 Å². The molecule has 0 aliphatic heterocycles. The number of amides is 2. The smallest absolute Gasteiger partial charge is 0.262 e. The van der Waals surface area contributed by atoms with Crippen molar-refractivity contribution in [3.05, 3.63) is 89.0 Å². The van der Waals surface area contributed by atoms with Crippen LogP contribution >= 0.6 is 0 Å². The topological polar surface area (TPSA) is 118 Å². The number of benzene rings is 3. The molecule has 0 radical (unpaired) electrons. The number of hydrogen-bond acceptors (Lipinski definition) is 4. The largest absolute Gasteiger partial charge is 0.366 e. The van der Waals surface area contributed by atoms with Crippen molar-refractivity contribution in [3.8, 4) is 0 Å². The van der Waals surface area contributed by atoms with Gasteiger partial charge in [0.2, 0.25) is 5.91 Å². The van der Waals surface area contributed by atoms with Crippen LogP contribution in [0.4, 0.5) is 11.4 Å². The summed E-state index contributed by atoms with van der Waals surface area (Å²) in [6.07, 6.45) is 0. The van der Waals surface area contributed by atoms with Crippen molar-refractivity contribution in [1.29, 1.82) is 0 Å². The Morgan fingerprint density at radius 3 is 2.20 bits per heavy atom. The summed E-state index contributed by atoms with van der Waals surface area (Å²) in [6.45, 7) is 3.56. The number of aryl methyl sites for hydroxylation is 2. The van der Waals surface area contributed by atoms with Crippen LogP contribution in [0.15, 0.2) is 71.6 Å². The minimum atomic E-state index is -3.76. The molecular formula is C22H21N3O4S. The maximum absolute atomic E-state index is 12.7. The van der Waals surface area contributed by atoms with Gasteiger partial charge in [-0.25, -0.2) is 8.42 Å². The van der Waals surface area contributed by atoms with Gasteiger partial charge < -0.3 is 11.1 Å². The van der Waals surface area contributed by atoms with Crippen molar-refractivity contribution in [2.75, 3.05) is 10.0 Å². The molecule has 0 spiro atoms. The molecule has 0 heterocycles. The maximum Gasteiger partial charge on any atom is 0.262 e. The standard InChI is InChI=1S/C22H21N3O4S/c1-14-6-7-15(2)20(12-14)30(28,29)25-18-10-8-16(9-11-18)22(27)24-19-5-3-4-17(13-19)21(23)26/h3-13,25H,1-2H3,(H2,23,26)(H,24,27). The number of sulfonamides is 1. The van der Waals surface area contributed by atoms with E-state index < -0.39 is 21.8 Å². The third-order valence-corrected chi connectivity index (χ3v) is 5.96. The third kappa shape index (κ3) is 4.84. The van der Waals surface area contributed by atoms with E-state index >= 15 is 0 Å². The van der Waals surface area contributed by atoms with Gasteiger partial charge in [-0.1, -0.05) is 18.2 Å². The SMILES string of the molecule is Cc1ccc(C)c(S(=O)(=O)Nc2ccc(C(=O)Nc3cccc(C(N)=O)c3)cc2)c1. The molecular weight excluding hydrogens is 402 g/mol. The van der Waals surface area contributed by atoms with Crippen molar-refractivity contribution < 1.29 is 18.0 Å². The van der Waals surface area contributed by atoms with Crippen LogP contribution in [0.5, 0.6) is 0 Å². The first kappa shape index (κ1) is 21.1. The van der Waals surface area contributed by atoms with Crippen LogP contribution in [-0.2, 0) is 10.0 Å². The van der Waals surface area contributed by atoms with Gasteiger partial charge in [-0.3, -0.25) is 14.3 Å². The molecule has 8 heteroatoms.